The van der Waals surface area contributed by atoms with Gasteiger partial charge in [0.2, 0.25) is 5.69 Å². The van der Waals surface area contributed by atoms with Crippen LogP contribution in [-0.4, -0.2) is 28.4 Å². The van der Waals surface area contributed by atoms with Gasteiger partial charge in [-0.05, 0) is 42.7 Å². The lowest BCUT2D eigenvalue weighted by atomic mass is 9.89. The van der Waals surface area contributed by atoms with Crippen LogP contribution >= 0.6 is 0 Å². The summed E-state index contributed by atoms with van der Waals surface area (Å²) in [5, 5.41) is 2.35. The predicted molar refractivity (Wildman–Crippen MR) is 141 cm³/mol. The van der Waals surface area contributed by atoms with Gasteiger partial charge in [0, 0.05) is 17.4 Å². The Hall–Kier alpha value is -2.66. The fourth-order valence-corrected chi connectivity index (χ4v) is 5.46. The second-order valence-electron chi connectivity index (χ2n) is 9.40. The fraction of sp³-hybridized carbons (Fsp3) is 0.500. The van der Waals surface area contributed by atoms with Crippen molar-refractivity contribution in [3.63, 3.8) is 0 Å². The van der Waals surface area contributed by atoms with Crippen molar-refractivity contribution in [2.75, 3.05) is 28.4 Å². The number of hydrogen-bond donors (Lipinski definition) is 0. The SMILES string of the molecule is CCCCCCCCCc1c2[n+](cc3c(OC)c(OC)ccc13)CCc1cc(OC)c(OC)cc1-2.[Cl-]. The van der Waals surface area contributed by atoms with E-state index in [1.54, 1.807) is 28.4 Å². The van der Waals surface area contributed by atoms with Crippen LogP contribution in [-0.2, 0) is 19.4 Å². The van der Waals surface area contributed by atoms with Crippen molar-refractivity contribution in [1.29, 1.82) is 0 Å². The smallest absolute Gasteiger partial charge is 0.216 e. The van der Waals surface area contributed by atoms with Crippen molar-refractivity contribution < 1.29 is 35.9 Å². The van der Waals surface area contributed by atoms with Crippen molar-refractivity contribution in [3.8, 4) is 34.3 Å². The van der Waals surface area contributed by atoms with Gasteiger partial charge in [0.15, 0.2) is 35.7 Å². The van der Waals surface area contributed by atoms with E-state index in [1.165, 1.54) is 72.7 Å². The lowest BCUT2D eigenvalue weighted by molar-refractivity contribution is -0.686. The fourth-order valence-electron chi connectivity index (χ4n) is 5.46. The van der Waals surface area contributed by atoms with Gasteiger partial charge < -0.3 is 31.4 Å². The van der Waals surface area contributed by atoms with E-state index in [-0.39, 0.29) is 12.4 Å². The Morgan fingerprint density at radius 3 is 2.08 bits per heavy atom. The van der Waals surface area contributed by atoms with E-state index in [1.807, 2.05) is 6.07 Å². The Balaban J connectivity index is 0.00000361. The number of nitrogens with zero attached hydrogens (tertiary/aromatic N) is 1. The van der Waals surface area contributed by atoms with Gasteiger partial charge >= 0.3 is 0 Å². The Labute approximate surface area is 222 Å². The van der Waals surface area contributed by atoms with E-state index >= 15 is 0 Å². The summed E-state index contributed by atoms with van der Waals surface area (Å²) in [6, 6.07) is 8.53. The normalized spacial score (nSPS) is 11.9. The molecule has 6 heteroatoms. The molecule has 1 aliphatic rings. The first-order valence-corrected chi connectivity index (χ1v) is 13.0. The van der Waals surface area contributed by atoms with Crippen LogP contribution in [0.3, 0.4) is 0 Å². The van der Waals surface area contributed by atoms with E-state index in [2.05, 4.69) is 35.9 Å². The lowest BCUT2D eigenvalue weighted by Crippen LogP contribution is -3.00. The molecule has 0 fully saturated rings. The molecule has 2 aromatic carbocycles. The summed E-state index contributed by atoms with van der Waals surface area (Å²) in [4.78, 5) is 0. The highest BCUT2D eigenvalue weighted by Gasteiger charge is 2.31. The Bertz CT molecular complexity index is 1180. The van der Waals surface area contributed by atoms with Gasteiger partial charge in [0.1, 0.15) is 0 Å². The van der Waals surface area contributed by atoms with Crippen LogP contribution in [0.2, 0.25) is 0 Å². The Morgan fingerprint density at radius 1 is 0.750 bits per heavy atom. The minimum absolute atomic E-state index is 0. The largest absolute Gasteiger partial charge is 1.00 e. The first-order chi connectivity index (χ1) is 17.2. The van der Waals surface area contributed by atoms with Gasteiger partial charge in [0.05, 0.1) is 39.4 Å². The summed E-state index contributed by atoms with van der Waals surface area (Å²) in [7, 11) is 6.83. The number of pyridine rings is 1. The van der Waals surface area contributed by atoms with Gasteiger partial charge in [-0.15, -0.1) is 0 Å². The maximum absolute atomic E-state index is 5.84. The summed E-state index contributed by atoms with van der Waals surface area (Å²) in [5.74, 6) is 3.14. The number of unbranched alkanes of at least 4 members (excludes halogenated alkanes) is 6. The van der Waals surface area contributed by atoms with E-state index in [0.717, 1.165) is 47.8 Å². The molecule has 1 aliphatic heterocycles. The quantitative estimate of drug-likeness (QED) is 0.274. The number of fused-ring (bicyclic) bond motifs is 4. The first kappa shape index (κ1) is 27.9. The van der Waals surface area contributed by atoms with Crippen molar-refractivity contribution in [3.05, 3.63) is 41.6 Å². The number of aryl methyl sites for hydroxylation is 3. The van der Waals surface area contributed by atoms with Crippen LogP contribution in [0.1, 0.15) is 63.0 Å². The van der Waals surface area contributed by atoms with Crippen molar-refractivity contribution >= 4 is 10.8 Å². The zero-order valence-corrected chi connectivity index (χ0v) is 23.2. The van der Waals surface area contributed by atoms with Crippen LogP contribution in [0.25, 0.3) is 22.0 Å². The van der Waals surface area contributed by atoms with E-state index < -0.39 is 0 Å². The van der Waals surface area contributed by atoms with Crippen LogP contribution in [0.5, 0.6) is 23.0 Å². The molecule has 1 aromatic heterocycles. The summed E-state index contributed by atoms with van der Waals surface area (Å²) in [6.07, 6.45) is 13.3. The molecule has 3 aromatic rings. The first-order valence-electron chi connectivity index (χ1n) is 13.0. The number of benzene rings is 2. The highest BCUT2D eigenvalue weighted by Crippen LogP contribution is 2.42. The molecule has 0 bridgehead atoms. The molecule has 4 rings (SSSR count). The molecule has 0 radical (unpaired) electrons. The lowest BCUT2D eigenvalue weighted by Gasteiger charge is -2.22. The molecule has 0 unspecified atom stereocenters. The second kappa shape index (κ2) is 13.0. The topological polar surface area (TPSA) is 40.8 Å². The van der Waals surface area contributed by atoms with Gasteiger partial charge in [-0.1, -0.05) is 45.4 Å². The molecule has 0 spiro atoms. The van der Waals surface area contributed by atoms with Gasteiger partial charge in [0.25, 0.3) is 0 Å². The van der Waals surface area contributed by atoms with Gasteiger partial charge in [-0.2, -0.15) is 4.57 Å². The molecule has 0 N–H and O–H groups in total. The monoisotopic (exact) mass is 513 g/mol. The number of rotatable bonds is 12. The van der Waals surface area contributed by atoms with E-state index in [9.17, 15) is 0 Å². The predicted octanol–water partition coefficient (Wildman–Crippen LogP) is 3.68. The molecule has 0 amide bonds. The molecule has 196 valence electrons. The highest BCUT2D eigenvalue weighted by atomic mass is 35.5. The zero-order chi connectivity index (χ0) is 24.8. The van der Waals surface area contributed by atoms with E-state index in [0.29, 0.717) is 0 Å². The van der Waals surface area contributed by atoms with Crippen molar-refractivity contribution in [2.24, 2.45) is 0 Å². The third kappa shape index (κ3) is 5.51. The van der Waals surface area contributed by atoms with Gasteiger partial charge in [-0.3, -0.25) is 0 Å². The van der Waals surface area contributed by atoms with Crippen LogP contribution in [0.15, 0.2) is 30.5 Å². The number of methoxy groups -OCH3 is 4. The third-order valence-electron chi connectivity index (χ3n) is 7.28. The Kier molecular flexibility index (Phi) is 10.1. The molecule has 0 saturated heterocycles. The minimum atomic E-state index is 0. The highest BCUT2D eigenvalue weighted by molar-refractivity contribution is 5.95. The van der Waals surface area contributed by atoms with Crippen molar-refractivity contribution in [2.45, 2.75) is 71.3 Å². The minimum Gasteiger partial charge on any atom is -1.00 e. The Morgan fingerprint density at radius 2 is 1.42 bits per heavy atom. The number of hydrogen-bond acceptors (Lipinski definition) is 4. The number of halogens is 1. The van der Waals surface area contributed by atoms with Gasteiger partial charge in [-0.25, -0.2) is 0 Å². The zero-order valence-electron chi connectivity index (χ0n) is 22.4. The maximum Gasteiger partial charge on any atom is 0.216 e. The molecule has 0 saturated carbocycles. The summed E-state index contributed by atoms with van der Waals surface area (Å²) >= 11 is 0. The van der Waals surface area contributed by atoms with E-state index in [4.69, 9.17) is 18.9 Å². The summed E-state index contributed by atoms with van der Waals surface area (Å²) < 4.78 is 25.1. The molecule has 0 aliphatic carbocycles. The second-order valence-corrected chi connectivity index (χ2v) is 9.40. The standard InChI is InChI=1S/C30H40NO4.ClH/c1-6-7-8-9-10-11-12-13-23-22-14-15-26(32-2)30(35-5)25(22)20-31-17-16-21-18-27(33-3)28(34-4)19-24(21)29(23)31;/h14-15,18-20H,6-13,16-17H2,1-5H3;1H/q+1;/p-1. The number of ether oxygens (including phenoxy) is 4. The molecular formula is C30H40ClNO4. The summed E-state index contributed by atoms with van der Waals surface area (Å²) in [6.45, 7) is 3.19. The molecule has 36 heavy (non-hydrogen) atoms. The molecule has 0 atom stereocenters. The maximum atomic E-state index is 5.84. The van der Waals surface area contributed by atoms with Crippen LogP contribution < -0.4 is 35.9 Å². The van der Waals surface area contributed by atoms with Crippen molar-refractivity contribution in [1.82, 2.24) is 0 Å². The average molecular weight is 514 g/mol. The molecular weight excluding hydrogens is 474 g/mol. The average Bonchev–Trinajstić information content (AvgIpc) is 2.90. The molecule has 5 nitrogen and oxygen atoms in total. The van der Waals surface area contributed by atoms with Crippen LogP contribution in [0.4, 0.5) is 0 Å². The molecule has 2 heterocycles. The third-order valence-corrected chi connectivity index (χ3v) is 7.28. The summed E-state index contributed by atoms with van der Waals surface area (Å²) in [5.41, 5.74) is 5.22. The number of aromatic nitrogens is 1. The van der Waals surface area contributed by atoms with Crippen LogP contribution in [0, 0.1) is 0 Å².